The minimum Gasteiger partial charge on any atom is -0.481 e. The predicted molar refractivity (Wildman–Crippen MR) is 55.0 cm³/mol. The van der Waals surface area contributed by atoms with E-state index in [9.17, 15) is 4.79 Å². The molecule has 3 atom stereocenters. The summed E-state index contributed by atoms with van der Waals surface area (Å²) in [5.74, 6) is 0.451. The van der Waals surface area contributed by atoms with Crippen LogP contribution in [0.2, 0.25) is 0 Å². The zero-order valence-electron chi connectivity index (χ0n) is 9.34. The van der Waals surface area contributed by atoms with E-state index in [-0.39, 0.29) is 0 Å². The quantitative estimate of drug-likeness (QED) is 0.737. The Morgan fingerprint density at radius 3 is 2.43 bits per heavy atom. The van der Waals surface area contributed by atoms with E-state index in [1.54, 1.807) is 0 Å². The van der Waals surface area contributed by atoms with E-state index in [2.05, 4.69) is 20.8 Å². The molecular weight excluding hydrogens is 176 g/mol. The van der Waals surface area contributed by atoms with Crippen LogP contribution in [0.3, 0.4) is 0 Å². The molecule has 0 spiro atoms. The number of carboxylic acids is 1. The Morgan fingerprint density at radius 1 is 1.43 bits per heavy atom. The lowest BCUT2D eigenvalue weighted by molar-refractivity contribution is -0.138. The highest BCUT2D eigenvalue weighted by Gasteiger charge is 2.60. The Kier molecular flexibility index (Phi) is 1.96. The van der Waals surface area contributed by atoms with Gasteiger partial charge in [0.25, 0.3) is 0 Å². The SMILES string of the molecule is CC12CCC(C(CC(=O)O)C1)C2(C)C. The van der Waals surface area contributed by atoms with Crippen LogP contribution in [-0.2, 0) is 4.79 Å². The third kappa shape index (κ3) is 1.12. The molecule has 0 saturated heterocycles. The molecule has 0 aromatic rings. The molecule has 2 aliphatic carbocycles. The van der Waals surface area contributed by atoms with Gasteiger partial charge in [-0.1, -0.05) is 20.8 Å². The lowest BCUT2D eigenvalue weighted by Crippen LogP contribution is -2.26. The second kappa shape index (κ2) is 2.74. The van der Waals surface area contributed by atoms with Gasteiger partial charge >= 0.3 is 5.97 Å². The molecule has 14 heavy (non-hydrogen) atoms. The average molecular weight is 196 g/mol. The van der Waals surface area contributed by atoms with Crippen molar-refractivity contribution in [2.75, 3.05) is 0 Å². The molecule has 2 aliphatic rings. The molecule has 0 radical (unpaired) electrons. The van der Waals surface area contributed by atoms with Crippen molar-refractivity contribution >= 4 is 5.97 Å². The number of carbonyl (C=O) groups is 1. The number of rotatable bonds is 2. The summed E-state index contributed by atoms with van der Waals surface area (Å²) >= 11 is 0. The maximum absolute atomic E-state index is 10.7. The van der Waals surface area contributed by atoms with Crippen molar-refractivity contribution in [2.45, 2.75) is 46.5 Å². The first-order chi connectivity index (χ1) is 6.37. The molecule has 0 aromatic heterocycles. The van der Waals surface area contributed by atoms with Gasteiger partial charge in [-0.15, -0.1) is 0 Å². The Balaban J connectivity index is 2.19. The van der Waals surface area contributed by atoms with E-state index in [4.69, 9.17) is 5.11 Å². The van der Waals surface area contributed by atoms with E-state index in [1.165, 1.54) is 12.8 Å². The van der Waals surface area contributed by atoms with E-state index < -0.39 is 5.97 Å². The smallest absolute Gasteiger partial charge is 0.303 e. The fraction of sp³-hybridized carbons (Fsp3) is 0.917. The first kappa shape index (κ1) is 10.0. The lowest BCUT2D eigenvalue weighted by atomic mass is 9.71. The average Bonchev–Trinajstić information content (AvgIpc) is 2.31. The molecule has 2 heteroatoms. The summed E-state index contributed by atoms with van der Waals surface area (Å²) in [6, 6.07) is 0. The number of carboxylic acid groups (broad SMARTS) is 1. The molecule has 0 amide bonds. The zero-order valence-corrected chi connectivity index (χ0v) is 9.34. The molecule has 1 N–H and O–H groups in total. The van der Waals surface area contributed by atoms with Gasteiger partial charge in [0.15, 0.2) is 0 Å². The Labute approximate surface area is 85.7 Å². The van der Waals surface area contributed by atoms with Crippen LogP contribution in [0.5, 0.6) is 0 Å². The minimum atomic E-state index is -0.623. The Hall–Kier alpha value is -0.530. The van der Waals surface area contributed by atoms with Crippen molar-refractivity contribution in [3.05, 3.63) is 0 Å². The van der Waals surface area contributed by atoms with Gasteiger partial charge in [-0.2, -0.15) is 0 Å². The molecule has 2 bridgehead atoms. The van der Waals surface area contributed by atoms with Crippen LogP contribution in [0.15, 0.2) is 0 Å². The van der Waals surface area contributed by atoms with E-state index in [0.29, 0.717) is 29.1 Å². The second-order valence-electron chi connectivity index (χ2n) is 5.99. The molecule has 0 aromatic carbocycles. The molecule has 2 saturated carbocycles. The first-order valence-corrected chi connectivity index (χ1v) is 5.59. The highest BCUT2D eigenvalue weighted by atomic mass is 16.4. The van der Waals surface area contributed by atoms with Gasteiger partial charge in [0.05, 0.1) is 0 Å². The summed E-state index contributed by atoms with van der Waals surface area (Å²) < 4.78 is 0. The normalized spacial score (nSPS) is 44.2. The van der Waals surface area contributed by atoms with Crippen molar-refractivity contribution < 1.29 is 9.90 Å². The number of fused-ring (bicyclic) bond motifs is 2. The summed E-state index contributed by atoms with van der Waals surface area (Å²) in [6.45, 7) is 6.99. The van der Waals surface area contributed by atoms with Crippen molar-refractivity contribution in [2.24, 2.45) is 22.7 Å². The van der Waals surface area contributed by atoms with Crippen molar-refractivity contribution in [1.29, 1.82) is 0 Å². The Bertz CT molecular complexity index is 267. The summed E-state index contributed by atoms with van der Waals surface area (Å²) in [5, 5.41) is 8.86. The topological polar surface area (TPSA) is 37.3 Å². The first-order valence-electron chi connectivity index (χ1n) is 5.59. The van der Waals surface area contributed by atoms with Crippen LogP contribution < -0.4 is 0 Å². The fourth-order valence-electron chi connectivity index (χ4n) is 3.95. The fourth-order valence-corrected chi connectivity index (χ4v) is 3.95. The monoisotopic (exact) mass is 196 g/mol. The van der Waals surface area contributed by atoms with Gasteiger partial charge in [-0.3, -0.25) is 4.79 Å². The maximum atomic E-state index is 10.7. The van der Waals surface area contributed by atoms with Gasteiger partial charge in [-0.05, 0) is 41.9 Å². The standard InChI is InChI=1S/C12H20O2/c1-11(2)9-4-5-12(11,3)7-8(9)6-10(13)14/h8-9H,4-7H2,1-3H3,(H,13,14). The Morgan fingerprint density at radius 2 is 2.07 bits per heavy atom. The van der Waals surface area contributed by atoms with Crippen LogP contribution in [0.25, 0.3) is 0 Å². The van der Waals surface area contributed by atoms with Gasteiger partial charge in [-0.25, -0.2) is 0 Å². The maximum Gasteiger partial charge on any atom is 0.303 e. The van der Waals surface area contributed by atoms with Crippen LogP contribution in [0.1, 0.15) is 46.5 Å². The molecule has 0 heterocycles. The molecular formula is C12H20O2. The summed E-state index contributed by atoms with van der Waals surface area (Å²) in [5.41, 5.74) is 0.755. The highest BCUT2D eigenvalue weighted by molar-refractivity contribution is 5.67. The molecule has 3 unspecified atom stereocenters. The zero-order chi connectivity index (χ0) is 10.6. The summed E-state index contributed by atoms with van der Waals surface area (Å²) in [6.07, 6.45) is 4.03. The van der Waals surface area contributed by atoms with Crippen molar-refractivity contribution in [1.82, 2.24) is 0 Å². The highest BCUT2D eigenvalue weighted by Crippen LogP contribution is 2.68. The van der Waals surface area contributed by atoms with Gasteiger partial charge in [0.1, 0.15) is 0 Å². The van der Waals surface area contributed by atoms with Gasteiger partial charge in [0.2, 0.25) is 0 Å². The predicted octanol–water partition coefficient (Wildman–Crippen LogP) is 2.92. The van der Waals surface area contributed by atoms with Gasteiger partial charge in [0, 0.05) is 6.42 Å². The van der Waals surface area contributed by atoms with E-state index in [1.807, 2.05) is 0 Å². The number of aliphatic carboxylic acids is 1. The third-order valence-electron chi connectivity index (χ3n) is 5.21. The third-order valence-corrected chi connectivity index (χ3v) is 5.21. The van der Waals surface area contributed by atoms with Crippen molar-refractivity contribution in [3.63, 3.8) is 0 Å². The number of hydrogen-bond acceptors (Lipinski definition) is 1. The van der Waals surface area contributed by atoms with Crippen LogP contribution >= 0.6 is 0 Å². The second-order valence-corrected chi connectivity index (χ2v) is 5.99. The largest absolute Gasteiger partial charge is 0.481 e. The van der Waals surface area contributed by atoms with E-state index >= 15 is 0 Å². The van der Waals surface area contributed by atoms with E-state index in [0.717, 1.165) is 6.42 Å². The number of hydrogen-bond donors (Lipinski definition) is 1. The molecule has 2 nitrogen and oxygen atoms in total. The molecule has 2 fully saturated rings. The van der Waals surface area contributed by atoms with Gasteiger partial charge < -0.3 is 5.11 Å². The summed E-state index contributed by atoms with van der Waals surface area (Å²) in [7, 11) is 0. The van der Waals surface area contributed by atoms with Crippen LogP contribution in [0, 0.1) is 22.7 Å². The minimum absolute atomic E-state index is 0.354. The summed E-state index contributed by atoms with van der Waals surface area (Å²) in [4.78, 5) is 10.7. The lowest BCUT2D eigenvalue weighted by Gasteiger charge is -2.34. The molecule has 0 aliphatic heterocycles. The van der Waals surface area contributed by atoms with Crippen molar-refractivity contribution in [3.8, 4) is 0 Å². The van der Waals surface area contributed by atoms with Crippen LogP contribution in [0.4, 0.5) is 0 Å². The van der Waals surface area contributed by atoms with Crippen LogP contribution in [-0.4, -0.2) is 11.1 Å². The molecule has 80 valence electrons. The molecule has 2 rings (SSSR count).